The number of hydrogen-bond donors (Lipinski definition) is 2. The number of amides is 2. The molecule has 12 heteroatoms. The number of carbonyl (C=O) groups is 2. The number of aromatic nitrogens is 2. The summed E-state index contributed by atoms with van der Waals surface area (Å²) in [4.78, 5) is 36.1. The summed E-state index contributed by atoms with van der Waals surface area (Å²) in [5.41, 5.74) is 0.197. The number of aliphatic hydroxyl groups excluding tert-OH is 1. The number of benzene rings is 1. The van der Waals surface area contributed by atoms with Crippen molar-refractivity contribution in [2.45, 2.75) is 58.0 Å². The van der Waals surface area contributed by atoms with Crippen LogP contribution in [0.4, 0.5) is 29.6 Å². The first-order chi connectivity index (χ1) is 17.6. The highest BCUT2D eigenvalue weighted by Crippen LogP contribution is 2.34. The summed E-state index contributed by atoms with van der Waals surface area (Å²) in [6.45, 7) is 4.16. The molecule has 2 N–H and O–H groups in total. The highest BCUT2D eigenvalue weighted by Gasteiger charge is 2.38. The minimum absolute atomic E-state index is 0.0769. The van der Waals surface area contributed by atoms with Gasteiger partial charge in [0.1, 0.15) is 6.61 Å². The molecule has 37 heavy (non-hydrogen) atoms. The number of ether oxygens (including phenoxy) is 1. The third-order valence-corrected chi connectivity index (χ3v) is 6.73. The van der Waals surface area contributed by atoms with Gasteiger partial charge in [-0.2, -0.15) is 13.2 Å². The molecular formula is C25H30F3N5O4. The zero-order chi connectivity index (χ0) is 26.7. The number of hydrogen-bond acceptors (Lipinski definition) is 7. The number of para-hydroxylation sites is 1. The lowest BCUT2D eigenvalue weighted by atomic mass is 10.0. The third kappa shape index (κ3) is 5.95. The van der Waals surface area contributed by atoms with Crippen LogP contribution in [0.15, 0.2) is 30.5 Å². The predicted molar refractivity (Wildman–Crippen MR) is 129 cm³/mol. The molecule has 2 aliphatic rings. The maximum Gasteiger partial charge on any atom is 0.433 e. The number of rotatable bonds is 7. The Morgan fingerprint density at radius 1 is 1.24 bits per heavy atom. The molecule has 0 bridgehead atoms. The van der Waals surface area contributed by atoms with Crippen molar-refractivity contribution in [2.75, 3.05) is 29.5 Å². The number of halogens is 3. The summed E-state index contributed by atoms with van der Waals surface area (Å²) in [6, 6.07) is 6.74. The fourth-order valence-corrected chi connectivity index (χ4v) is 4.62. The van der Waals surface area contributed by atoms with E-state index in [1.54, 1.807) is 23.6 Å². The SMILES string of the molecule is CC(C)[C@H](CO)NC(=O)Cc1cnc(N2CCC(N3C(=O)OCc4ccccc43)CC2)nc1C(F)(F)F. The number of aliphatic hydroxyl groups is 1. The van der Waals surface area contributed by atoms with Gasteiger partial charge in [0.15, 0.2) is 5.69 Å². The Balaban J connectivity index is 1.47. The second kappa shape index (κ2) is 10.9. The summed E-state index contributed by atoms with van der Waals surface area (Å²) in [7, 11) is 0. The van der Waals surface area contributed by atoms with E-state index in [-0.39, 0.29) is 36.7 Å². The van der Waals surface area contributed by atoms with Crippen LogP contribution in [0.1, 0.15) is 43.5 Å². The largest absolute Gasteiger partial charge is 0.444 e. The summed E-state index contributed by atoms with van der Waals surface area (Å²) in [6.07, 6.45) is -3.74. The second-order valence-corrected chi connectivity index (χ2v) is 9.59. The molecule has 0 aliphatic carbocycles. The fourth-order valence-electron chi connectivity index (χ4n) is 4.62. The summed E-state index contributed by atoms with van der Waals surface area (Å²) in [5.74, 6) is -0.811. The van der Waals surface area contributed by atoms with Gasteiger partial charge >= 0.3 is 12.3 Å². The van der Waals surface area contributed by atoms with Gasteiger partial charge in [-0.15, -0.1) is 0 Å². The molecule has 1 saturated heterocycles. The van der Waals surface area contributed by atoms with Crippen LogP contribution in [0.5, 0.6) is 0 Å². The smallest absolute Gasteiger partial charge is 0.433 e. The van der Waals surface area contributed by atoms with Gasteiger partial charge in [-0.25, -0.2) is 14.8 Å². The minimum atomic E-state index is -4.78. The number of anilines is 2. The highest BCUT2D eigenvalue weighted by molar-refractivity contribution is 5.91. The van der Waals surface area contributed by atoms with Gasteiger partial charge in [0.2, 0.25) is 11.9 Å². The lowest BCUT2D eigenvalue weighted by molar-refractivity contribution is -0.142. The van der Waals surface area contributed by atoms with Crippen molar-refractivity contribution in [1.29, 1.82) is 0 Å². The number of carbonyl (C=O) groups excluding carboxylic acids is 2. The number of piperidine rings is 1. The van der Waals surface area contributed by atoms with E-state index in [0.29, 0.717) is 25.9 Å². The van der Waals surface area contributed by atoms with E-state index in [0.717, 1.165) is 17.4 Å². The zero-order valence-electron chi connectivity index (χ0n) is 20.7. The molecule has 0 radical (unpaired) electrons. The van der Waals surface area contributed by atoms with E-state index in [4.69, 9.17) is 4.74 Å². The van der Waals surface area contributed by atoms with E-state index < -0.39 is 36.3 Å². The Morgan fingerprint density at radius 3 is 2.59 bits per heavy atom. The Bertz CT molecular complexity index is 1140. The molecule has 200 valence electrons. The molecule has 1 aromatic carbocycles. The molecule has 1 atom stereocenters. The van der Waals surface area contributed by atoms with Gasteiger partial charge in [-0.3, -0.25) is 9.69 Å². The van der Waals surface area contributed by atoms with Gasteiger partial charge in [0.05, 0.1) is 24.8 Å². The molecule has 2 aliphatic heterocycles. The van der Waals surface area contributed by atoms with Gasteiger partial charge < -0.3 is 20.1 Å². The maximum atomic E-state index is 13.9. The van der Waals surface area contributed by atoms with E-state index in [1.807, 2.05) is 24.3 Å². The van der Waals surface area contributed by atoms with Crippen molar-refractivity contribution >= 4 is 23.6 Å². The fraction of sp³-hybridized carbons (Fsp3) is 0.520. The minimum Gasteiger partial charge on any atom is -0.444 e. The van der Waals surface area contributed by atoms with Crippen LogP contribution < -0.4 is 15.1 Å². The van der Waals surface area contributed by atoms with Crippen molar-refractivity contribution in [1.82, 2.24) is 15.3 Å². The van der Waals surface area contributed by atoms with Crippen molar-refractivity contribution < 1.29 is 32.6 Å². The van der Waals surface area contributed by atoms with Crippen LogP contribution in [0, 0.1) is 5.92 Å². The summed E-state index contributed by atoms with van der Waals surface area (Å²) >= 11 is 0. The Morgan fingerprint density at radius 2 is 1.95 bits per heavy atom. The van der Waals surface area contributed by atoms with Crippen LogP contribution in [0.3, 0.4) is 0 Å². The number of nitrogens with zero attached hydrogens (tertiary/aromatic N) is 4. The topological polar surface area (TPSA) is 108 Å². The molecule has 0 spiro atoms. The average Bonchev–Trinajstić information content (AvgIpc) is 2.87. The van der Waals surface area contributed by atoms with E-state index >= 15 is 0 Å². The van der Waals surface area contributed by atoms with Crippen LogP contribution >= 0.6 is 0 Å². The lowest BCUT2D eigenvalue weighted by Crippen LogP contribution is -2.49. The second-order valence-electron chi connectivity index (χ2n) is 9.59. The highest BCUT2D eigenvalue weighted by atomic mass is 19.4. The van der Waals surface area contributed by atoms with E-state index in [1.165, 1.54) is 0 Å². The predicted octanol–water partition coefficient (Wildman–Crippen LogP) is 3.30. The monoisotopic (exact) mass is 521 g/mol. The molecule has 4 rings (SSSR count). The van der Waals surface area contributed by atoms with Crippen molar-refractivity contribution in [3.8, 4) is 0 Å². The number of cyclic esters (lactones) is 1. The summed E-state index contributed by atoms with van der Waals surface area (Å²) < 4.78 is 46.9. The van der Waals surface area contributed by atoms with Crippen molar-refractivity contribution in [3.05, 3.63) is 47.3 Å². The zero-order valence-corrected chi connectivity index (χ0v) is 20.7. The Hall–Kier alpha value is -3.41. The van der Waals surface area contributed by atoms with Gasteiger partial charge in [0, 0.05) is 36.5 Å². The third-order valence-electron chi connectivity index (χ3n) is 6.73. The molecule has 0 unspecified atom stereocenters. The first-order valence-corrected chi connectivity index (χ1v) is 12.2. The van der Waals surface area contributed by atoms with Gasteiger partial charge in [-0.05, 0) is 24.8 Å². The van der Waals surface area contributed by atoms with Crippen LogP contribution in [-0.4, -0.2) is 58.9 Å². The lowest BCUT2D eigenvalue weighted by Gasteiger charge is -2.40. The van der Waals surface area contributed by atoms with Crippen molar-refractivity contribution in [3.63, 3.8) is 0 Å². The normalized spacial score (nSPS) is 17.4. The average molecular weight is 522 g/mol. The quantitative estimate of drug-likeness (QED) is 0.576. The molecule has 2 amide bonds. The molecular weight excluding hydrogens is 491 g/mol. The van der Waals surface area contributed by atoms with Crippen LogP contribution in [0.25, 0.3) is 0 Å². The standard InChI is InChI=1S/C25H30F3N5O4/c1-15(2)19(13-34)30-21(35)11-17-12-29-23(31-22(17)25(26,27)28)32-9-7-18(8-10-32)33-20-6-4-3-5-16(20)14-37-24(33)36/h3-6,12,15,18-19,34H,7-11,13-14H2,1-2H3,(H,30,35)/t19-/m0/s1. The number of nitrogens with one attached hydrogen (secondary N) is 1. The van der Waals surface area contributed by atoms with Crippen molar-refractivity contribution in [2.24, 2.45) is 5.92 Å². The van der Waals surface area contributed by atoms with Gasteiger partial charge in [0.25, 0.3) is 0 Å². The maximum absolute atomic E-state index is 13.9. The molecule has 0 saturated carbocycles. The summed E-state index contributed by atoms with van der Waals surface area (Å²) in [5, 5.41) is 11.9. The van der Waals surface area contributed by atoms with E-state index in [2.05, 4.69) is 15.3 Å². The van der Waals surface area contributed by atoms with Crippen LogP contribution in [0.2, 0.25) is 0 Å². The van der Waals surface area contributed by atoms with E-state index in [9.17, 15) is 27.9 Å². The number of alkyl halides is 3. The molecule has 3 heterocycles. The number of fused-ring (bicyclic) bond motifs is 1. The van der Waals surface area contributed by atoms with Crippen LogP contribution in [-0.2, 0) is 28.7 Å². The van der Waals surface area contributed by atoms with Gasteiger partial charge in [-0.1, -0.05) is 32.0 Å². The molecule has 9 nitrogen and oxygen atoms in total. The molecule has 1 aromatic heterocycles. The Kier molecular flexibility index (Phi) is 7.86. The first kappa shape index (κ1) is 26.6. The Labute approximate surface area is 212 Å². The molecule has 2 aromatic rings. The first-order valence-electron chi connectivity index (χ1n) is 12.2. The molecule has 1 fully saturated rings.